The maximum Gasteiger partial charge on any atom is 0.350 e. The zero-order valence-corrected chi connectivity index (χ0v) is 18.5. The fourth-order valence-corrected chi connectivity index (χ4v) is 3.62. The maximum atomic E-state index is 13.0. The van der Waals surface area contributed by atoms with Gasteiger partial charge in [0.05, 0.1) is 6.10 Å². The van der Waals surface area contributed by atoms with Crippen LogP contribution in [0.25, 0.3) is 0 Å². The monoisotopic (exact) mass is 441 g/mol. The average Bonchev–Trinajstić information content (AvgIpc) is 2.67. The van der Waals surface area contributed by atoms with Crippen molar-refractivity contribution < 1.29 is 43.6 Å². The number of carbonyl (C=O) groups excluding carboxylic acids is 4. The lowest BCUT2D eigenvalue weighted by Crippen LogP contribution is -2.57. The van der Waals surface area contributed by atoms with Gasteiger partial charge in [0.2, 0.25) is 11.4 Å². The summed E-state index contributed by atoms with van der Waals surface area (Å²) < 4.78 is 16.0. The lowest BCUT2D eigenvalue weighted by molar-refractivity contribution is -0.199. The first kappa shape index (κ1) is 25.0. The van der Waals surface area contributed by atoms with Gasteiger partial charge in [0.15, 0.2) is 11.7 Å². The predicted molar refractivity (Wildman–Crippen MR) is 107 cm³/mol. The number of rotatable bonds is 2. The summed E-state index contributed by atoms with van der Waals surface area (Å²) in [4.78, 5) is 52.4. The fraction of sp³-hybridized carbons (Fsp3) is 0.714. The number of aliphatic hydroxyl groups is 2. The standard InChI is InChI=1S/C21H31NO9/c1-12-10-21(28,13(2)23)19(27)30-16-7-9-22(5)8-6-15(17(16)25)11-29-18(26)20(12,4)31-14(3)24/h6,12-13,16,23,28H,7-11H2,1-5H3/b15-6-/t12-,13?,16?,20-,21+/m1/s1. The van der Waals surface area contributed by atoms with Crippen LogP contribution in [0.3, 0.4) is 0 Å². The summed E-state index contributed by atoms with van der Waals surface area (Å²) in [7, 11) is 1.81. The van der Waals surface area contributed by atoms with E-state index in [-0.39, 0.29) is 18.6 Å². The Morgan fingerprint density at radius 2 is 1.97 bits per heavy atom. The Morgan fingerprint density at radius 3 is 2.55 bits per heavy atom. The number of fused-ring (bicyclic) bond motifs is 2. The van der Waals surface area contributed by atoms with E-state index in [1.54, 1.807) is 6.08 Å². The molecule has 0 saturated carbocycles. The molecule has 2 N–H and O–H groups in total. The second-order valence-electron chi connectivity index (χ2n) is 8.52. The molecule has 174 valence electrons. The van der Waals surface area contributed by atoms with Gasteiger partial charge in [-0.3, -0.25) is 9.59 Å². The summed E-state index contributed by atoms with van der Waals surface area (Å²) in [5.41, 5.74) is -4.20. The third-order valence-electron chi connectivity index (χ3n) is 6.00. The molecule has 2 unspecified atom stereocenters. The molecule has 0 aromatic heterocycles. The molecule has 0 radical (unpaired) electrons. The van der Waals surface area contributed by atoms with E-state index >= 15 is 0 Å². The maximum absolute atomic E-state index is 13.0. The normalized spacial score (nSPS) is 36.4. The highest BCUT2D eigenvalue weighted by molar-refractivity contribution is 6.01. The molecule has 2 aliphatic heterocycles. The number of Topliss-reactive ketones (excluding diaryl/α,β-unsaturated/α-hetero) is 1. The van der Waals surface area contributed by atoms with Crippen LogP contribution in [0.2, 0.25) is 0 Å². The Balaban J connectivity index is 2.56. The van der Waals surface area contributed by atoms with Crippen molar-refractivity contribution in [1.82, 2.24) is 4.90 Å². The molecule has 1 saturated heterocycles. The van der Waals surface area contributed by atoms with E-state index in [0.717, 1.165) is 6.92 Å². The Morgan fingerprint density at radius 1 is 1.32 bits per heavy atom. The minimum absolute atomic E-state index is 0.122. The van der Waals surface area contributed by atoms with Crippen LogP contribution in [0.1, 0.15) is 40.5 Å². The SMILES string of the molecule is CC(=O)O[C@@]1(C)C(=O)OC/C2=C/CN(C)CCC(OC(=O)[C@@](O)(C(C)O)C[C@H]1C)C2=O. The molecule has 2 heterocycles. The van der Waals surface area contributed by atoms with Crippen molar-refractivity contribution in [2.45, 2.75) is 63.9 Å². The zero-order chi connectivity index (χ0) is 23.6. The van der Waals surface area contributed by atoms with Crippen molar-refractivity contribution in [3.63, 3.8) is 0 Å². The molecule has 0 aromatic rings. The average molecular weight is 441 g/mol. The molecular formula is C21H31NO9. The number of likely N-dealkylation sites (N-methyl/N-ethyl adjacent to an activating group) is 1. The summed E-state index contributed by atoms with van der Waals surface area (Å²) in [6.45, 7) is 5.55. The minimum Gasteiger partial charge on any atom is -0.458 e. The second-order valence-corrected chi connectivity index (χ2v) is 8.52. The topological polar surface area (TPSA) is 140 Å². The van der Waals surface area contributed by atoms with Gasteiger partial charge in [-0.05, 0) is 27.3 Å². The highest BCUT2D eigenvalue weighted by atomic mass is 16.6. The molecule has 2 rings (SSSR count). The van der Waals surface area contributed by atoms with Crippen molar-refractivity contribution >= 4 is 23.7 Å². The molecule has 0 amide bonds. The van der Waals surface area contributed by atoms with Gasteiger partial charge in [0.1, 0.15) is 6.61 Å². The van der Waals surface area contributed by atoms with Crippen molar-refractivity contribution in [1.29, 1.82) is 0 Å². The van der Waals surface area contributed by atoms with Crippen molar-refractivity contribution in [2.75, 3.05) is 26.7 Å². The molecule has 1 fully saturated rings. The van der Waals surface area contributed by atoms with Crippen molar-refractivity contribution in [3.8, 4) is 0 Å². The molecule has 2 bridgehead atoms. The molecular weight excluding hydrogens is 410 g/mol. The minimum atomic E-state index is -2.45. The number of aliphatic hydroxyl groups excluding tert-OH is 1. The quantitative estimate of drug-likeness (QED) is 0.435. The summed E-state index contributed by atoms with van der Waals surface area (Å²) in [5.74, 6) is -4.39. The van der Waals surface area contributed by atoms with Crippen LogP contribution in [0, 0.1) is 5.92 Å². The third kappa shape index (κ3) is 5.31. The van der Waals surface area contributed by atoms with Crippen LogP contribution in [-0.2, 0) is 33.4 Å². The van der Waals surface area contributed by atoms with E-state index in [2.05, 4.69) is 0 Å². The molecule has 0 spiro atoms. The highest BCUT2D eigenvalue weighted by Gasteiger charge is 2.53. The molecule has 5 atom stereocenters. The molecule has 2 aliphatic rings. The number of nitrogens with zero attached hydrogens (tertiary/aromatic N) is 1. The van der Waals surface area contributed by atoms with E-state index in [1.807, 2.05) is 11.9 Å². The van der Waals surface area contributed by atoms with Gasteiger partial charge < -0.3 is 29.3 Å². The third-order valence-corrected chi connectivity index (χ3v) is 6.00. The van der Waals surface area contributed by atoms with Gasteiger partial charge in [0.25, 0.3) is 0 Å². The van der Waals surface area contributed by atoms with Crippen LogP contribution in [0.15, 0.2) is 11.6 Å². The molecule has 10 heteroatoms. The van der Waals surface area contributed by atoms with Crippen LogP contribution in [0.5, 0.6) is 0 Å². The van der Waals surface area contributed by atoms with Gasteiger partial charge in [-0.1, -0.05) is 13.0 Å². The number of hydrogen-bond donors (Lipinski definition) is 2. The first-order valence-corrected chi connectivity index (χ1v) is 10.2. The Labute approximate surface area is 181 Å². The number of esters is 3. The smallest absolute Gasteiger partial charge is 0.350 e. The largest absolute Gasteiger partial charge is 0.458 e. The summed E-state index contributed by atoms with van der Waals surface area (Å²) in [6, 6.07) is 0. The Kier molecular flexibility index (Phi) is 7.61. The van der Waals surface area contributed by atoms with Gasteiger partial charge in [0, 0.05) is 37.9 Å². The molecule has 31 heavy (non-hydrogen) atoms. The number of hydrogen-bond acceptors (Lipinski definition) is 10. The van der Waals surface area contributed by atoms with E-state index in [4.69, 9.17) is 14.2 Å². The second kappa shape index (κ2) is 9.46. The summed E-state index contributed by atoms with van der Waals surface area (Å²) >= 11 is 0. The molecule has 0 aliphatic carbocycles. The predicted octanol–water partition coefficient (Wildman–Crippen LogP) is -0.254. The summed E-state index contributed by atoms with van der Waals surface area (Å²) in [5, 5.41) is 21.2. The molecule has 0 aromatic carbocycles. The zero-order valence-electron chi connectivity index (χ0n) is 18.5. The lowest BCUT2D eigenvalue weighted by Gasteiger charge is -2.39. The van der Waals surface area contributed by atoms with Crippen LogP contribution >= 0.6 is 0 Å². The number of cyclic esters (lactones) is 1. The number of carbonyl (C=O) groups is 4. The number of ether oxygens (including phenoxy) is 3. The van der Waals surface area contributed by atoms with E-state index in [0.29, 0.717) is 13.1 Å². The van der Waals surface area contributed by atoms with Crippen LogP contribution in [-0.4, -0.2) is 89.0 Å². The van der Waals surface area contributed by atoms with Crippen LogP contribution in [0.4, 0.5) is 0 Å². The Bertz CT molecular complexity index is 777. The fourth-order valence-electron chi connectivity index (χ4n) is 3.62. The van der Waals surface area contributed by atoms with Gasteiger partial charge in [-0.25, -0.2) is 9.59 Å². The number of ketones is 1. The first-order valence-electron chi connectivity index (χ1n) is 10.2. The van der Waals surface area contributed by atoms with Crippen LogP contribution < -0.4 is 0 Å². The van der Waals surface area contributed by atoms with Gasteiger partial charge >= 0.3 is 17.9 Å². The van der Waals surface area contributed by atoms with Crippen molar-refractivity contribution in [2.24, 2.45) is 5.92 Å². The van der Waals surface area contributed by atoms with E-state index < -0.39 is 59.4 Å². The van der Waals surface area contributed by atoms with E-state index in [1.165, 1.54) is 20.8 Å². The highest BCUT2D eigenvalue weighted by Crippen LogP contribution is 2.34. The first-order chi connectivity index (χ1) is 14.3. The van der Waals surface area contributed by atoms with Crippen molar-refractivity contribution in [3.05, 3.63) is 11.6 Å². The Hall–Kier alpha value is -2.30. The molecule has 10 nitrogen and oxygen atoms in total. The lowest BCUT2D eigenvalue weighted by atomic mass is 9.78. The van der Waals surface area contributed by atoms with Gasteiger partial charge in [-0.2, -0.15) is 0 Å². The van der Waals surface area contributed by atoms with E-state index in [9.17, 15) is 29.4 Å². The van der Waals surface area contributed by atoms with Gasteiger partial charge in [-0.15, -0.1) is 0 Å². The summed E-state index contributed by atoms with van der Waals surface area (Å²) in [6.07, 6.45) is -1.53.